The Labute approximate surface area is 119 Å². The van der Waals surface area contributed by atoms with Crippen LogP contribution in [0.15, 0.2) is 33.8 Å². The summed E-state index contributed by atoms with van der Waals surface area (Å²) in [4.78, 5) is 0. The number of hydrogen-bond acceptors (Lipinski definition) is 5. The third-order valence-corrected chi connectivity index (χ3v) is 4.77. The summed E-state index contributed by atoms with van der Waals surface area (Å²) in [6.07, 6.45) is 4.59. The first-order valence-corrected chi connectivity index (χ1v) is 8.02. The molecular formula is C13H20N2O4S. The second kappa shape index (κ2) is 7.03. The van der Waals surface area contributed by atoms with Gasteiger partial charge >= 0.3 is 0 Å². The summed E-state index contributed by atoms with van der Waals surface area (Å²) < 4.78 is 36.4. The van der Waals surface area contributed by atoms with Gasteiger partial charge in [0.15, 0.2) is 0 Å². The van der Waals surface area contributed by atoms with E-state index in [1.807, 2.05) is 12.2 Å². The van der Waals surface area contributed by atoms with E-state index in [1.165, 1.54) is 10.4 Å². The summed E-state index contributed by atoms with van der Waals surface area (Å²) >= 11 is 0. The van der Waals surface area contributed by atoms with Crippen molar-refractivity contribution in [3.63, 3.8) is 0 Å². The number of furan rings is 1. The molecule has 0 fully saturated rings. The Morgan fingerprint density at radius 1 is 1.40 bits per heavy atom. The van der Waals surface area contributed by atoms with E-state index in [0.717, 1.165) is 6.42 Å². The summed E-state index contributed by atoms with van der Waals surface area (Å²) in [6.45, 7) is 2.69. The van der Waals surface area contributed by atoms with Crippen molar-refractivity contribution in [3.8, 4) is 0 Å². The summed E-state index contributed by atoms with van der Waals surface area (Å²) in [5.74, 6) is 0.604. The van der Waals surface area contributed by atoms with Crippen LogP contribution in [0.4, 0.5) is 0 Å². The summed E-state index contributed by atoms with van der Waals surface area (Å²) in [5.41, 5.74) is 0. The third kappa shape index (κ3) is 3.69. The number of nitrogens with one attached hydrogen (secondary N) is 1. The van der Waals surface area contributed by atoms with E-state index >= 15 is 0 Å². The number of methoxy groups -OCH3 is 1. The van der Waals surface area contributed by atoms with Crippen molar-refractivity contribution in [2.75, 3.05) is 33.4 Å². The van der Waals surface area contributed by atoms with Crippen LogP contribution in [0.5, 0.6) is 0 Å². The molecule has 7 heteroatoms. The quantitative estimate of drug-likeness (QED) is 0.600. The second-order valence-electron chi connectivity index (χ2n) is 4.51. The van der Waals surface area contributed by atoms with Crippen LogP contribution in [0.2, 0.25) is 0 Å². The molecule has 2 rings (SSSR count). The zero-order valence-electron chi connectivity index (χ0n) is 11.5. The predicted molar refractivity (Wildman–Crippen MR) is 74.8 cm³/mol. The Morgan fingerprint density at radius 3 is 2.95 bits per heavy atom. The van der Waals surface area contributed by atoms with Crippen molar-refractivity contribution in [1.82, 2.24) is 9.62 Å². The number of ether oxygens (including phenoxy) is 1. The summed E-state index contributed by atoms with van der Waals surface area (Å²) in [5, 5.41) is 3.12. The molecule has 0 saturated heterocycles. The zero-order valence-corrected chi connectivity index (χ0v) is 12.4. The fourth-order valence-corrected chi connectivity index (χ4v) is 3.28. The second-order valence-corrected chi connectivity index (χ2v) is 6.38. The van der Waals surface area contributed by atoms with Gasteiger partial charge in [-0.1, -0.05) is 12.2 Å². The predicted octanol–water partition coefficient (Wildman–Crippen LogP) is 0.966. The average Bonchev–Trinajstić information content (AvgIpc) is 2.94. The minimum Gasteiger partial charge on any atom is -0.447 e. The lowest BCUT2D eigenvalue weighted by Crippen LogP contribution is -2.33. The van der Waals surface area contributed by atoms with Gasteiger partial charge < -0.3 is 14.5 Å². The van der Waals surface area contributed by atoms with Gasteiger partial charge in [-0.15, -0.1) is 0 Å². The fraction of sp³-hybridized carbons (Fsp3) is 0.538. The first-order chi connectivity index (χ1) is 9.64. The molecule has 0 atom stereocenters. The molecule has 1 aliphatic rings. The molecule has 0 bridgehead atoms. The lowest BCUT2D eigenvalue weighted by molar-refractivity contribution is 0.198. The maximum Gasteiger partial charge on any atom is 0.276 e. The first-order valence-electron chi connectivity index (χ1n) is 6.58. The van der Waals surface area contributed by atoms with Crippen LogP contribution < -0.4 is 5.32 Å². The Balaban J connectivity index is 1.98. The van der Waals surface area contributed by atoms with Crippen LogP contribution in [-0.4, -0.2) is 46.1 Å². The van der Waals surface area contributed by atoms with E-state index in [-0.39, 0.29) is 5.09 Å². The number of sulfonamides is 1. The zero-order chi connectivity index (χ0) is 14.4. The Kier molecular flexibility index (Phi) is 5.36. The molecule has 1 aliphatic heterocycles. The molecule has 2 heterocycles. The van der Waals surface area contributed by atoms with Crippen LogP contribution in [-0.2, 0) is 21.3 Å². The van der Waals surface area contributed by atoms with E-state index < -0.39 is 10.0 Å². The highest BCUT2D eigenvalue weighted by Crippen LogP contribution is 2.20. The molecule has 0 amide bonds. The van der Waals surface area contributed by atoms with Gasteiger partial charge in [0, 0.05) is 26.7 Å². The first kappa shape index (κ1) is 15.2. The van der Waals surface area contributed by atoms with E-state index in [4.69, 9.17) is 9.15 Å². The maximum absolute atomic E-state index is 12.3. The topological polar surface area (TPSA) is 71.8 Å². The Morgan fingerprint density at radius 2 is 2.25 bits per heavy atom. The minimum atomic E-state index is -3.51. The molecule has 20 heavy (non-hydrogen) atoms. The van der Waals surface area contributed by atoms with Crippen LogP contribution >= 0.6 is 0 Å². The number of hydrogen-bond donors (Lipinski definition) is 1. The summed E-state index contributed by atoms with van der Waals surface area (Å²) in [6, 6.07) is 3.20. The van der Waals surface area contributed by atoms with Crippen molar-refractivity contribution < 1.29 is 17.6 Å². The Hall–Kier alpha value is -1.15. The van der Waals surface area contributed by atoms with E-state index in [1.54, 1.807) is 13.2 Å². The smallest absolute Gasteiger partial charge is 0.276 e. The van der Waals surface area contributed by atoms with Crippen molar-refractivity contribution in [3.05, 3.63) is 30.0 Å². The van der Waals surface area contributed by atoms with Gasteiger partial charge in [0.05, 0.1) is 13.2 Å². The van der Waals surface area contributed by atoms with Crippen molar-refractivity contribution in [2.45, 2.75) is 18.1 Å². The largest absolute Gasteiger partial charge is 0.447 e. The highest BCUT2D eigenvalue weighted by molar-refractivity contribution is 7.89. The highest BCUT2D eigenvalue weighted by atomic mass is 32.2. The SMILES string of the molecule is COCCNCc1ccc(S(=O)(=O)N2CC=CCC2)o1. The van der Waals surface area contributed by atoms with Crippen LogP contribution in [0.25, 0.3) is 0 Å². The van der Waals surface area contributed by atoms with E-state index in [2.05, 4.69) is 5.32 Å². The molecule has 112 valence electrons. The molecule has 6 nitrogen and oxygen atoms in total. The van der Waals surface area contributed by atoms with Gasteiger partial charge in [-0.3, -0.25) is 0 Å². The molecule has 0 saturated carbocycles. The van der Waals surface area contributed by atoms with Crippen LogP contribution in [0.1, 0.15) is 12.2 Å². The van der Waals surface area contributed by atoms with Crippen molar-refractivity contribution >= 4 is 10.0 Å². The molecule has 0 radical (unpaired) electrons. The summed E-state index contributed by atoms with van der Waals surface area (Å²) in [7, 11) is -1.88. The molecule has 0 aliphatic carbocycles. The van der Waals surface area contributed by atoms with Crippen LogP contribution in [0, 0.1) is 0 Å². The van der Waals surface area contributed by atoms with Gasteiger partial charge in [-0.05, 0) is 18.6 Å². The lowest BCUT2D eigenvalue weighted by Gasteiger charge is -2.21. The van der Waals surface area contributed by atoms with E-state index in [0.29, 0.717) is 38.5 Å². The minimum absolute atomic E-state index is 0.0105. The van der Waals surface area contributed by atoms with Crippen molar-refractivity contribution in [1.29, 1.82) is 0 Å². The van der Waals surface area contributed by atoms with Gasteiger partial charge in [0.1, 0.15) is 5.76 Å². The monoisotopic (exact) mass is 300 g/mol. The normalized spacial score (nSPS) is 16.6. The molecule has 1 aromatic rings. The maximum atomic E-state index is 12.3. The lowest BCUT2D eigenvalue weighted by atomic mass is 10.3. The molecule has 0 spiro atoms. The van der Waals surface area contributed by atoms with Gasteiger partial charge in [0.2, 0.25) is 5.09 Å². The Bertz CT molecular complexity index is 550. The standard InChI is InChI=1S/C13H20N2O4S/c1-18-10-7-14-11-12-5-6-13(19-12)20(16,17)15-8-3-2-4-9-15/h2-3,5-6,14H,4,7-11H2,1H3. The molecule has 1 aromatic heterocycles. The van der Waals surface area contributed by atoms with Crippen molar-refractivity contribution in [2.24, 2.45) is 0 Å². The molecule has 0 unspecified atom stereocenters. The van der Waals surface area contributed by atoms with Gasteiger partial charge in [-0.2, -0.15) is 4.31 Å². The third-order valence-electron chi connectivity index (χ3n) is 3.03. The fourth-order valence-electron chi connectivity index (χ4n) is 1.94. The number of nitrogens with zero attached hydrogens (tertiary/aromatic N) is 1. The van der Waals surface area contributed by atoms with Gasteiger partial charge in [0.25, 0.3) is 10.0 Å². The number of rotatable bonds is 7. The molecule has 1 N–H and O–H groups in total. The highest BCUT2D eigenvalue weighted by Gasteiger charge is 2.27. The average molecular weight is 300 g/mol. The van der Waals surface area contributed by atoms with Crippen LogP contribution in [0.3, 0.4) is 0 Å². The molecular weight excluding hydrogens is 280 g/mol. The molecule has 0 aromatic carbocycles. The van der Waals surface area contributed by atoms with E-state index in [9.17, 15) is 8.42 Å². The van der Waals surface area contributed by atoms with Gasteiger partial charge in [-0.25, -0.2) is 8.42 Å².